The van der Waals surface area contributed by atoms with E-state index in [0.717, 1.165) is 17.0 Å². The molecule has 23 heavy (non-hydrogen) atoms. The molecule has 0 saturated heterocycles. The summed E-state index contributed by atoms with van der Waals surface area (Å²) in [5.41, 5.74) is 1.15. The Morgan fingerprint density at radius 2 is 2.22 bits per heavy atom. The van der Waals surface area contributed by atoms with E-state index in [2.05, 4.69) is 10.1 Å². The molecule has 0 unspecified atom stereocenters. The number of benzene rings is 1. The van der Waals surface area contributed by atoms with Gasteiger partial charge in [0.05, 0.1) is 5.02 Å². The highest BCUT2D eigenvalue weighted by Gasteiger charge is 2.11. The van der Waals surface area contributed by atoms with Crippen LogP contribution < -0.4 is 14.9 Å². The number of halogens is 3. The molecule has 1 aromatic heterocycles. The second-order valence-corrected chi connectivity index (χ2v) is 5.84. The third-order valence-electron chi connectivity index (χ3n) is 2.97. The zero-order valence-electron chi connectivity index (χ0n) is 12.0. The second-order valence-electron chi connectivity index (χ2n) is 4.62. The Labute approximate surface area is 139 Å². The summed E-state index contributed by atoms with van der Waals surface area (Å²) in [6.45, 7) is -0.919. The molecule has 0 radical (unpaired) electrons. The van der Waals surface area contributed by atoms with Gasteiger partial charge in [-0.1, -0.05) is 22.9 Å². The number of amides is 1. The van der Waals surface area contributed by atoms with E-state index < -0.39 is 6.61 Å². The van der Waals surface area contributed by atoms with Crippen molar-refractivity contribution in [1.29, 1.82) is 0 Å². The monoisotopic (exact) mass is 362 g/mol. The number of hydrogen-bond donors (Lipinski definition) is 1. The quantitative estimate of drug-likeness (QED) is 0.855. The van der Waals surface area contributed by atoms with E-state index in [1.165, 1.54) is 22.8 Å². The van der Waals surface area contributed by atoms with Crippen molar-refractivity contribution in [3.8, 4) is 5.75 Å². The highest BCUT2D eigenvalue weighted by molar-refractivity contribution is 7.07. The molecule has 2 rings (SSSR count). The first-order valence-electron chi connectivity index (χ1n) is 6.56. The van der Waals surface area contributed by atoms with Crippen LogP contribution in [0.4, 0.5) is 14.5 Å². The van der Waals surface area contributed by atoms with E-state index in [0.29, 0.717) is 5.69 Å². The lowest BCUT2D eigenvalue weighted by molar-refractivity contribution is -0.116. The smallest absolute Gasteiger partial charge is 0.387 e. The van der Waals surface area contributed by atoms with E-state index in [-0.39, 0.29) is 34.5 Å². The van der Waals surface area contributed by atoms with E-state index >= 15 is 0 Å². The lowest BCUT2D eigenvalue weighted by Gasteiger charge is -2.10. The Morgan fingerprint density at radius 1 is 1.48 bits per heavy atom. The van der Waals surface area contributed by atoms with Gasteiger partial charge in [-0.15, -0.1) is 0 Å². The number of anilines is 1. The van der Waals surface area contributed by atoms with Crippen LogP contribution in [-0.2, 0) is 11.3 Å². The molecule has 0 atom stereocenters. The number of carbonyl (C=O) groups is 1. The maximum Gasteiger partial charge on any atom is 0.387 e. The average Bonchev–Trinajstić information content (AvgIpc) is 2.78. The van der Waals surface area contributed by atoms with Gasteiger partial charge < -0.3 is 14.6 Å². The van der Waals surface area contributed by atoms with Gasteiger partial charge >= 0.3 is 11.5 Å². The molecule has 1 N–H and O–H groups in total. The first-order valence-corrected chi connectivity index (χ1v) is 7.81. The van der Waals surface area contributed by atoms with Crippen molar-refractivity contribution in [2.24, 2.45) is 0 Å². The number of nitrogens with one attached hydrogen (secondary N) is 1. The number of aromatic nitrogens is 1. The van der Waals surface area contributed by atoms with E-state index in [1.807, 2.05) is 0 Å². The van der Waals surface area contributed by atoms with Gasteiger partial charge in [0.1, 0.15) is 5.75 Å². The predicted molar refractivity (Wildman–Crippen MR) is 84.6 cm³/mol. The van der Waals surface area contributed by atoms with Gasteiger partial charge in [-0.05, 0) is 25.1 Å². The summed E-state index contributed by atoms with van der Waals surface area (Å²) in [6.07, 6.45) is 0.102. The van der Waals surface area contributed by atoms with Crippen LogP contribution in [-0.4, -0.2) is 17.1 Å². The first kappa shape index (κ1) is 17.4. The number of aryl methyl sites for hydroxylation is 1. The van der Waals surface area contributed by atoms with E-state index in [9.17, 15) is 18.4 Å². The Morgan fingerprint density at radius 3 is 2.78 bits per heavy atom. The standard InChI is InChI=1S/C14H13ClF2N2O3S/c1-8-7-23-14(21)19(8)5-4-12(20)18-9-2-3-11(10(15)6-9)22-13(16)17/h2-3,6-7,13H,4-5H2,1H3,(H,18,20). The molecular formula is C14H13ClF2N2O3S. The summed E-state index contributed by atoms with van der Waals surface area (Å²) in [7, 11) is 0. The Kier molecular flexibility index (Phi) is 5.73. The number of carbonyl (C=O) groups excluding carboxylic acids is 1. The number of rotatable bonds is 6. The summed E-state index contributed by atoms with van der Waals surface area (Å²) in [5, 5.41) is 4.28. The summed E-state index contributed by atoms with van der Waals surface area (Å²) >= 11 is 6.88. The normalized spacial score (nSPS) is 10.8. The molecule has 5 nitrogen and oxygen atoms in total. The molecule has 2 aromatic rings. The van der Waals surface area contributed by atoms with Crippen molar-refractivity contribution in [2.75, 3.05) is 5.32 Å². The minimum absolute atomic E-state index is 0.0343. The van der Waals surface area contributed by atoms with Crippen molar-refractivity contribution in [3.63, 3.8) is 0 Å². The van der Waals surface area contributed by atoms with E-state index in [1.54, 1.807) is 12.3 Å². The number of hydrogen-bond acceptors (Lipinski definition) is 4. The van der Waals surface area contributed by atoms with Crippen molar-refractivity contribution in [2.45, 2.75) is 26.5 Å². The fraction of sp³-hybridized carbons (Fsp3) is 0.286. The van der Waals surface area contributed by atoms with Crippen molar-refractivity contribution in [3.05, 3.63) is 44.0 Å². The fourth-order valence-corrected chi connectivity index (χ4v) is 2.87. The molecule has 0 aliphatic rings. The lowest BCUT2D eigenvalue weighted by Crippen LogP contribution is -2.20. The van der Waals surface area contributed by atoms with Gasteiger partial charge in [-0.25, -0.2) is 0 Å². The minimum Gasteiger partial charge on any atom is -0.433 e. The molecule has 0 spiro atoms. The fourth-order valence-electron chi connectivity index (χ4n) is 1.88. The van der Waals surface area contributed by atoms with Gasteiger partial charge in [-0.3, -0.25) is 9.59 Å². The average molecular weight is 363 g/mol. The Hall–Kier alpha value is -1.93. The Balaban J connectivity index is 1.95. The molecule has 0 fully saturated rings. The summed E-state index contributed by atoms with van der Waals surface area (Å²) in [4.78, 5) is 23.3. The molecule has 0 bridgehead atoms. The summed E-state index contributed by atoms with van der Waals surface area (Å²) < 4.78 is 30.0. The molecule has 1 aromatic carbocycles. The molecule has 0 saturated carbocycles. The van der Waals surface area contributed by atoms with Gasteiger partial charge in [0.25, 0.3) is 0 Å². The topological polar surface area (TPSA) is 60.3 Å². The molecular weight excluding hydrogens is 350 g/mol. The third-order valence-corrected chi connectivity index (χ3v) is 4.15. The van der Waals surface area contributed by atoms with E-state index in [4.69, 9.17) is 11.6 Å². The maximum absolute atomic E-state index is 12.1. The van der Waals surface area contributed by atoms with Crippen LogP contribution in [0.3, 0.4) is 0 Å². The van der Waals surface area contributed by atoms with Gasteiger partial charge in [0, 0.05) is 29.7 Å². The third kappa shape index (κ3) is 4.77. The molecule has 1 heterocycles. The highest BCUT2D eigenvalue weighted by atomic mass is 35.5. The second kappa shape index (κ2) is 7.56. The molecule has 1 amide bonds. The van der Waals surface area contributed by atoms with Crippen molar-refractivity contribution in [1.82, 2.24) is 4.57 Å². The highest BCUT2D eigenvalue weighted by Crippen LogP contribution is 2.28. The lowest BCUT2D eigenvalue weighted by atomic mass is 10.3. The molecule has 124 valence electrons. The van der Waals surface area contributed by atoms with Crippen molar-refractivity contribution < 1.29 is 18.3 Å². The zero-order chi connectivity index (χ0) is 17.0. The van der Waals surface area contributed by atoms with Crippen LogP contribution in [0.25, 0.3) is 0 Å². The number of thiazole rings is 1. The Bertz CT molecular complexity index is 761. The number of ether oxygens (including phenoxy) is 1. The van der Waals surface area contributed by atoms with Gasteiger partial charge in [-0.2, -0.15) is 8.78 Å². The van der Waals surface area contributed by atoms with Crippen LogP contribution in [0.1, 0.15) is 12.1 Å². The molecule has 9 heteroatoms. The van der Waals surface area contributed by atoms with Crippen LogP contribution in [0.5, 0.6) is 5.75 Å². The van der Waals surface area contributed by atoms with Crippen LogP contribution >= 0.6 is 22.9 Å². The first-order chi connectivity index (χ1) is 10.9. The minimum atomic E-state index is -2.97. The molecule has 0 aliphatic heterocycles. The largest absolute Gasteiger partial charge is 0.433 e. The van der Waals surface area contributed by atoms with Crippen molar-refractivity contribution >= 4 is 34.5 Å². The predicted octanol–water partition coefficient (Wildman–Crippen LogP) is 3.50. The van der Waals surface area contributed by atoms with Crippen LogP contribution in [0, 0.1) is 6.92 Å². The van der Waals surface area contributed by atoms with Crippen LogP contribution in [0.2, 0.25) is 5.02 Å². The summed E-state index contributed by atoms with van der Waals surface area (Å²) in [5.74, 6) is -0.485. The number of alkyl halides is 2. The van der Waals surface area contributed by atoms with Crippen LogP contribution in [0.15, 0.2) is 28.4 Å². The maximum atomic E-state index is 12.1. The number of nitrogens with zero attached hydrogens (tertiary/aromatic N) is 1. The SMILES string of the molecule is Cc1csc(=O)n1CCC(=O)Nc1ccc(OC(F)F)c(Cl)c1. The summed E-state index contributed by atoms with van der Waals surface area (Å²) in [6, 6.07) is 3.97. The van der Waals surface area contributed by atoms with Gasteiger partial charge in [0.15, 0.2) is 0 Å². The zero-order valence-corrected chi connectivity index (χ0v) is 13.6. The van der Waals surface area contributed by atoms with Gasteiger partial charge in [0.2, 0.25) is 5.91 Å². The molecule has 0 aliphatic carbocycles.